The molecule has 0 spiro atoms. The van der Waals surface area contributed by atoms with Crippen molar-refractivity contribution >= 4 is 22.8 Å². The topological polar surface area (TPSA) is 67.2 Å². The van der Waals surface area contributed by atoms with Gasteiger partial charge < -0.3 is 9.80 Å². The lowest BCUT2D eigenvalue weighted by Gasteiger charge is -2.38. The minimum atomic E-state index is -0.384. The van der Waals surface area contributed by atoms with E-state index in [2.05, 4.69) is 11.8 Å². The molecule has 0 aliphatic carbocycles. The second-order valence-corrected chi connectivity index (χ2v) is 9.77. The van der Waals surface area contributed by atoms with Crippen LogP contribution in [0.4, 0.5) is 10.2 Å². The van der Waals surface area contributed by atoms with E-state index in [0.29, 0.717) is 26.2 Å². The number of halogens is 1. The number of carbonyl (C=O) groups is 1. The van der Waals surface area contributed by atoms with E-state index in [9.17, 15) is 9.18 Å². The predicted molar refractivity (Wildman–Crippen MR) is 128 cm³/mol. The fourth-order valence-corrected chi connectivity index (χ4v) is 4.24. The first-order valence-corrected chi connectivity index (χ1v) is 11.8. The van der Waals surface area contributed by atoms with Gasteiger partial charge in [0.1, 0.15) is 17.5 Å². The molecule has 4 rings (SSSR count). The van der Waals surface area contributed by atoms with Gasteiger partial charge in [-0.05, 0) is 37.6 Å². The van der Waals surface area contributed by atoms with Gasteiger partial charge in [-0.25, -0.2) is 19.0 Å². The SMILES string of the molecule is CCCCc1nc(N2CCN(C(=O)C(C)(C)C)CC2)c2c(C)nn(-c3ccc(F)cc3)c2n1. The number of rotatable bonds is 5. The average molecular weight is 453 g/mol. The van der Waals surface area contributed by atoms with E-state index < -0.39 is 0 Å². The number of hydrogen-bond donors (Lipinski definition) is 0. The van der Waals surface area contributed by atoms with Crippen LogP contribution in [0.25, 0.3) is 16.7 Å². The monoisotopic (exact) mass is 452 g/mol. The molecule has 0 bridgehead atoms. The molecule has 7 nitrogen and oxygen atoms in total. The lowest BCUT2D eigenvalue weighted by atomic mass is 9.94. The van der Waals surface area contributed by atoms with Crippen LogP contribution >= 0.6 is 0 Å². The predicted octanol–water partition coefficient (Wildman–Crippen LogP) is 4.30. The summed E-state index contributed by atoms with van der Waals surface area (Å²) in [5.41, 5.74) is 1.95. The van der Waals surface area contributed by atoms with Crippen molar-refractivity contribution in [3.8, 4) is 5.69 Å². The summed E-state index contributed by atoms with van der Waals surface area (Å²) in [6.07, 6.45) is 2.85. The van der Waals surface area contributed by atoms with Gasteiger partial charge in [-0.3, -0.25) is 4.79 Å². The number of amides is 1. The molecule has 1 aromatic carbocycles. The molecule has 0 radical (unpaired) electrons. The Morgan fingerprint density at radius 2 is 1.73 bits per heavy atom. The van der Waals surface area contributed by atoms with E-state index in [1.807, 2.05) is 32.6 Å². The van der Waals surface area contributed by atoms with Crippen LogP contribution in [0, 0.1) is 18.2 Å². The molecule has 0 saturated carbocycles. The molecule has 8 heteroatoms. The number of fused-ring (bicyclic) bond motifs is 1. The minimum absolute atomic E-state index is 0.180. The highest BCUT2D eigenvalue weighted by atomic mass is 19.1. The summed E-state index contributed by atoms with van der Waals surface area (Å²) in [4.78, 5) is 26.7. The summed E-state index contributed by atoms with van der Waals surface area (Å²) in [5, 5.41) is 5.65. The maximum absolute atomic E-state index is 13.5. The average Bonchev–Trinajstić information content (AvgIpc) is 3.13. The molecule has 0 unspecified atom stereocenters. The van der Waals surface area contributed by atoms with Crippen molar-refractivity contribution in [2.24, 2.45) is 5.41 Å². The van der Waals surface area contributed by atoms with Gasteiger partial charge in [-0.15, -0.1) is 0 Å². The van der Waals surface area contributed by atoms with Crippen LogP contribution in [0.1, 0.15) is 52.1 Å². The molecule has 3 heterocycles. The molecule has 1 saturated heterocycles. The number of piperazine rings is 1. The van der Waals surface area contributed by atoms with Crippen LogP contribution < -0.4 is 4.90 Å². The summed E-state index contributed by atoms with van der Waals surface area (Å²) < 4.78 is 15.3. The molecule has 1 aliphatic heterocycles. The van der Waals surface area contributed by atoms with Crippen molar-refractivity contribution < 1.29 is 9.18 Å². The Kier molecular flexibility index (Phi) is 6.36. The second-order valence-electron chi connectivity index (χ2n) is 9.77. The van der Waals surface area contributed by atoms with Gasteiger partial charge >= 0.3 is 0 Å². The third-order valence-corrected chi connectivity index (χ3v) is 6.06. The number of unbranched alkanes of at least 4 members (excludes halogenated alkanes) is 1. The smallest absolute Gasteiger partial charge is 0.228 e. The zero-order valence-electron chi connectivity index (χ0n) is 20.2. The van der Waals surface area contributed by atoms with Gasteiger partial charge in [0.15, 0.2) is 5.65 Å². The summed E-state index contributed by atoms with van der Waals surface area (Å²) in [6.45, 7) is 12.7. The van der Waals surface area contributed by atoms with Gasteiger partial charge in [0.25, 0.3) is 0 Å². The third-order valence-electron chi connectivity index (χ3n) is 6.06. The number of aromatic nitrogens is 4. The van der Waals surface area contributed by atoms with Gasteiger partial charge in [0, 0.05) is 38.0 Å². The Morgan fingerprint density at radius 3 is 2.33 bits per heavy atom. The van der Waals surface area contributed by atoms with E-state index >= 15 is 0 Å². The van der Waals surface area contributed by atoms with Crippen molar-refractivity contribution in [3.05, 3.63) is 41.6 Å². The molecule has 1 aliphatic rings. The fourth-order valence-electron chi connectivity index (χ4n) is 4.24. The number of carbonyl (C=O) groups excluding carboxylic acids is 1. The number of aryl methyl sites for hydroxylation is 2. The zero-order valence-corrected chi connectivity index (χ0v) is 20.2. The first-order chi connectivity index (χ1) is 15.7. The second kappa shape index (κ2) is 9.08. The Labute approximate surface area is 194 Å². The van der Waals surface area contributed by atoms with Gasteiger partial charge in [0.05, 0.1) is 16.8 Å². The Morgan fingerprint density at radius 1 is 1.06 bits per heavy atom. The van der Waals surface area contributed by atoms with E-state index in [1.54, 1.807) is 16.8 Å². The van der Waals surface area contributed by atoms with Gasteiger partial charge in [0.2, 0.25) is 5.91 Å². The summed E-state index contributed by atoms with van der Waals surface area (Å²) in [6, 6.07) is 6.30. The molecule has 0 N–H and O–H groups in total. The van der Waals surface area contributed by atoms with Crippen molar-refractivity contribution in [3.63, 3.8) is 0 Å². The summed E-state index contributed by atoms with van der Waals surface area (Å²) in [5.74, 6) is 1.56. The summed E-state index contributed by atoms with van der Waals surface area (Å²) in [7, 11) is 0. The molecule has 1 fully saturated rings. The first kappa shape index (κ1) is 23.1. The quantitative estimate of drug-likeness (QED) is 0.577. The lowest BCUT2D eigenvalue weighted by molar-refractivity contribution is -0.139. The maximum Gasteiger partial charge on any atom is 0.228 e. The molecule has 176 valence electrons. The standard InChI is InChI=1S/C25H33FN6O/c1-6-7-8-20-27-22(30-13-15-31(16-14-30)24(33)25(3,4)5)21-17(2)29-32(23(21)28-20)19-11-9-18(26)10-12-19/h9-12H,6-8,13-16H2,1-5H3. The highest BCUT2D eigenvalue weighted by Crippen LogP contribution is 2.30. The number of hydrogen-bond acceptors (Lipinski definition) is 5. The van der Waals surface area contributed by atoms with Crippen molar-refractivity contribution in [1.82, 2.24) is 24.6 Å². The molecule has 2 aromatic heterocycles. The van der Waals surface area contributed by atoms with E-state index in [0.717, 1.165) is 53.3 Å². The zero-order chi connectivity index (χ0) is 23.8. The highest BCUT2D eigenvalue weighted by molar-refractivity contribution is 5.91. The third kappa shape index (κ3) is 4.70. The Balaban J connectivity index is 1.73. The number of benzene rings is 1. The van der Waals surface area contributed by atoms with Crippen molar-refractivity contribution in [2.75, 3.05) is 31.1 Å². The van der Waals surface area contributed by atoms with Crippen LogP contribution in [0.2, 0.25) is 0 Å². The maximum atomic E-state index is 13.5. The van der Waals surface area contributed by atoms with Crippen LogP contribution in [0.3, 0.4) is 0 Å². The Hall–Kier alpha value is -3.03. The number of anilines is 1. The first-order valence-electron chi connectivity index (χ1n) is 11.8. The largest absolute Gasteiger partial charge is 0.352 e. The van der Waals surface area contributed by atoms with Crippen molar-refractivity contribution in [1.29, 1.82) is 0 Å². The van der Waals surface area contributed by atoms with Crippen LogP contribution in [-0.4, -0.2) is 56.7 Å². The lowest BCUT2D eigenvalue weighted by Crippen LogP contribution is -2.52. The molecule has 33 heavy (non-hydrogen) atoms. The van der Waals surface area contributed by atoms with Crippen LogP contribution in [-0.2, 0) is 11.2 Å². The Bertz CT molecular complexity index is 1140. The minimum Gasteiger partial charge on any atom is -0.352 e. The molecular weight excluding hydrogens is 419 g/mol. The van der Waals surface area contributed by atoms with Gasteiger partial charge in [-0.1, -0.05) is 34.1 Å². The number of nitrogens with zero attached hydrogens (tertiary/aromatic N) is 6. The normalized spacial score (nSPS) is 14.8. The van der Waals surface area contributed by atoms with E-state index in [-0.39, 0.29) is 17.1 Å². The fraction of sp³-hybridized carbons (Fsp3) is 0.520. The van der Waals surface area contributed by atoms with E-state index in [4.69, 9.17) is 15.1 Å². The van der Waals surface area contributed by atoms with Crippen molar-refractivity contribution in [2.45, 2.75) is 53.9 Å². The van der Waals surface area contributed by atoms with Crippen LogP contribution in [0.5, 0.6) is 0 Å². The molecule has 1 amide bonds. The van der Waals surface area contributed by atoms with Crippen LogP contribution in [0.15, 0.2) is 24.3 Å². The molecule has 0 atom stereocenters. The highest BCUT2D eigenvalue weighted by Gasteiger charge is 2.31. The van der Waals surface area contributed by atoms with E-state index in [1.165, 1.54) is 12.1 Å². The molecular formula is C25H33FN6O. The molecule has 3 aromatic rings. The van der Waals surface area contributed by atoms with Gasteiger partial charge in [-0.2, -0.15) is 5.10 Å². The summed E-state index contributed by atoms with van der Waals surface area (Å²) >= 11 is 0.